The summed E-state index contributed by atoms with van der Waals surface area (Å²) in [5.74, 6) is -0.677. The molecule has 2 atom stereocenters. The van der Waals surface area contributed by atoms with Crippen molar-refractivity contribution in [2.24, 2.45) is 22.7 Å². The predicted molar refractivity (Wildman–Crippen MR) is 59.0 cm³/mol. The molecule has 1 aliphatic rings. The van der Waals surface area contributed by atoms with Crippen LogP contribution in [0.1, 0.15) is 19.8 Å². The first-order valence-electron chi connectivity index (χ1n) is 5.47. The van der Waals surface area contributed by atoms with Gasteiger partial charge in [-0.25, -0.2) is 0 Å². The summed E-state index contributed by atoms with van der Waals surface area (Å²) in [5.41, 5.74) is 5.39. The molecule has 0 aromatic carbocycles. The summed E-state index contributed by atoms with van der Waals surface area (Å²) >= 11 is 0. The molecular weight excluding hydrogens is 210 g/mol. The molecule has 0 aromatic rings. The van der Waals surface area contributed by atoms with E-state index >= 15 is 0 Å². The Kier molecular flexibility index (Phi) is 4.54. The van der Waals surface area contributed by atoms with Gasteiger partial charge in [0.25, 0.3) is 0 Å². The van der Waals surface area contributed by atoms with Crippen molar-refractivity contribution in [2.45, 2.75) is 19.8 Å². The number of hydrogen-bond donors (Lipinski definition) is 3. The van der Waals surface area contributed by atoms with Crippen molar-refractivity contribution in [3.05, 3.63) is 0 Å². The summed E-state index contributed by atoms with van der Waals surface area (Å²) < 4.78 is 0. The number of oxime groups is 1. The van der Waals surface area contributed by atoms with Crippen LogP contribution in [0.3, 0.4) is 0 Å². The highest BCUT2D eigenvalue weighted by molar-refractivity contribution is 6.01. The Morgan fingerprint density at radius 2 is 2.38 bits per heavy atom. The van der Waals surface area contributed by atoms with Gasteiger partial charge in [0, 0.05) is 19.7 Å². The number of rotatable bonds is 3. The standard InChI is InChI=1S/C10H19N3O3/c1-7(9(11)12-16)10(15)13-4-2-3-8(5-13)6-14/h7-8,14,16H,2-6H2,1H3,(H2,11,12). The van der Waals surface area contributed by atoms with E-state index in [-0.39, 0.29) is 24.3 Å². The Morgan fingerprint density at radius 3 is 2.94 bits per heavy atom. The lowest BCUT2D eigenvalue weighted by atomic mass is 9.97. The molecule has 1 amide bonds. The van der Waals surface area contributed by atoms with Crippen LogP contribution in [0.25, 0.3) is 0 Å². The van der Waals surface area contributed by atoms with Crippen molar-refractivity contribution < 1.29 is 15.1 Å². The Labute approximate surface area is 94.7 Å². The van der Waals surface area contributed by atoms with Crippen LogP contribution in [0, 0.1) is 11.8 Å². The second-order valence-electron chi connectivity index (χ2n) is 4.22. The fourth-order valence-electron chi connectivity index (χ4n) is 1.90. The molecule has 0 aromatic heterocycles. The van der Waals surface area contributed by atoms with Crippen molar-refractivity contribution in [3.63, 3.8) is 0 Å². The number of amides is 1. The number of aliphatic hydroxyl groups excluding tert-OH is 1. The zero-order valence-corrected chi connectivity index (χ0v) is 9.46. The Morgan fingerprint density at radius 1 is 1.69 bits per heavy atom. The molecule has 1 aliphatic heterocycles. The summed E-state index contributed by atoms with van der Waals surface area (Å²) in [6.45, 7) is 2.94. The quantitative estimate of drug-likeness (QED) is 0.265. The van der Waals surface area contributed by atoms with E-state index in [0.29, 0.717) is 13.1 Å². The van der Waals surface area contributed by atoms with Crippen molar-refractivity contribution in [1.29, 1.82) is 0 Å². The molecule has 6 nitrogen and oxygen atoms in total. The maximum Gasteiger partial charge on any atom is 0.233 e. The lowest BCUT2D eigenvalue weighted by Crippen LogP contribution is -2.46. The van der Waals surface area contributed by atoms with Crippen LogP contribution in [-0.4, -0.2) is 46.7 Å². The van der Waals surface area contributed by atoms with Crippen LogP contribution < -0.4 is 5.73 Å². The van der Waals surface area contributed by atoms with Gasteiger partial charge in [-0.3, -0.25) is 4.79 Å². The van der Waals surface area contributed by atoms with Gasteiger partial charge in [-0.15, -0.1) is 0 Å². The number of hydrogen-bond acceptors (Lipinski definition) is 4. The first-order chi connectivity index (χ1) is 7.60. The zero-order valence-electron chi connectivity index (χ0n) is 9.46. The molecule has 2 unspecified atom stereocenters. The fourth-order valence-corrected chi connectivity index (χ4v) is 1.90. The van der Waals surface area contributed by atoms with E-state index in [4.69, 9.17) is 16.0 Å². The van der Waals surface area contributed by atoms with E-state index in [0.717, 1.165) is 12.8 Å². The van der Waals surface area contributed by atoms with Gasteiger partial charge in [0.15, 0.2) is 5.84 Å². The number of piperidine rings is 1. The molecule has 0 bridgehead atoms. The summed E-state index contributed by atoms with van der Waals surface area (Å²) in [4.78, 5) is 13.6. The largest absolute Gasteiger partial charge is 0.409 e. The highest BCUT2D eigenvalue weighted by Gasteiger charge is 2.28. The average molecular weight is 229 g/mol. The molecule has 4 N–H and O–H groups in total. The van der Waals surface area contributed by atoms with Gasteiger partial charge in [0.05, 0.1) is 5.92 Å². The predicted octanol–water partition coefficient (Wildman–Crippen LogP) is -0.400. The normalized spacial score (nSPS) is 24.2. The van der Waals surface area contributed by atoms with Gasteiger partial charge in [-0.05, 0) is 25.7 Å². The van der Waals surface area contributed by atoms with Crippen LogP contribution in [0.4, 0.5) is 0 Å². The van der Waals surface area contributed by atoms with Crippen LogP contribution in [0.5, 0.6) is 0 Å². The molecule has 6 heteroatoms. The van der Waals surface area contributed by atoms with Crippen molar-refractivity contribution in [3.8, 4) is 0 Å². The molecule has 16 heavy (non-hydrogen) atoms. The number of carbonyl (C=O) groups excluding carboxylic acids is 1. The average Bonchev–Trinajstić information content (AvgIpc) is 2.36. The molecule has 1 heterocycles. The third-order valence-electron chi connectivity index (χ3n) is 3.02. The number of nitrogens with zero attached hydrogens (tertiary/aromatic N) is 2. The number of amidine groups is 1. The number of likely N-dealkylation sites (tertiary alicyclic amines) is 1. The first kappa shape index (κ1) is 12.8. The van der Waals surface area contributed by atoms with Gasteiger partial charge in [0.1, 0.15) is 0 Å². The van der Waals surface area contributed by atoms with Gasteiger partial charge in [-0.2, -0.15) is 0 Å². The fraction of sp³-hybridized carbons (Fsp3) is 0.800. The smallest absolute Gasteiger partial charge is 0.233 e. The van der Waals surface area contributed by atoms with Crippen LogP contribution >= 0.6 is 0 Å². The molecule has 0 saturated carbocycles. The number of nitrogens with two attached hydrogens (primary N) is 1. The van der Waals surface area contributed by atoms with E-state index in [1.54, 1.807) is 11.8 Å². The highest BCUT2D eigenvalue weighted by Crippen LogP contribution is 2.17. The third-order valence-corrected chi connectivity index (χ3v) is 3.02. The molecule has 1 rings (SSSR count). The molecular formula is C10H19N3O3. The Bertz CT molecular complexity index is 280. The minimum absolute atomic E-state index is 0.0730. The van der Waals surface area contributed by atoms with Crippen molar-refractivity contribution in [1.82, 2.24) is 4.90 Å². The van der Waals surface area contributed by atoms with Crippen LogP contribution in [0.2, 0.25) is 0 Å². The summed E-state index contributed by atoms with van der Waals surface area (Å²) in [7, 11) is 0. The van der Waals surface area contributed by atoms with E-state index in [1.807, 2.05) is 0 Å². The molecule has 0 aliphatic carbocycles. The molecule has 1 saturated heterocycles. The maximum atomic E-state index is 11.9. The van der Waals surface area contributed by atoms with Crippen LogP contribution in [-0.2, 0) is 4.79 Å². The minimum Gasteiger partial charge on any atom is -0.409 e. The first-order valence-corrected chi connectivity index (χ1v) is 5.47. The van der Waals surface area contributed by atoms with E-state index in [2.05, 4.69) is 5.16 Å². The Balaban J connectivity index is 2.59. The molecule has 0 spiro atoms. The summed E-state index contributed by atoms with van der Waals surface area (Å²) in [5, 5.41) is 20.4. The summed E-state index contributed by atoms with van der Waals surface area (Å²) in [6.07, 6.45) is 1.83. The minimum atomic E-state index is -0.609. The lowest BCUT2D eigenvalue weighted by molar-refractivity contribution is -0.135. The lowest BCUT2D eigenvalue weighted by Gasteiger charge is -2.33. The monoisotopic (exact) mass is 229 g/mol. The van der Waals surface area contributed by atoms with Gasteiger partial charge < -0.3 is 20.9 Å². The molecule has 1 fully saturated rings. The SMILES string of the molecule is CC(C(=O)N1CCCC(CO)C1)C(N)=NO. The van der Waals surface area contributed by atoms with Crippen LogP contribution in [0.15, 0.2) is 5.16 Å². The number of carbonyl (C=O) groups is 1. The number of aliphatic hydroxyl groups is 1. The van der Waals surface area contributed by atoms with Gasteiger partial charge >= 0.3 is 0 Å². The van der Waals surface area contributed by atoms with Crippen molar-refractivity contribution >= 4 is 11.7 Å². The van der Waals surface area contributed by atoms with Gasteiger partial charge in [0.2, 0.25) is 5.91 Å². The van der Waals surface area contributed by atoms with Crippen molar-refractivity contribution in [2.75, 3.05) is 19.7 Å². The highest BCUT2D eigenvalue weighted by atomic mass is 16.4. The van der Waals surface area contributed by atoms with E-state index in [9.17, 15) is 4.79 Å². The van der Waals surface area contributed by atoms with E-state index < -0.39 is 5.92 Å². The Hall–Kier alpha value is -1.30. The second-order valence-corrected chi connectivity index (χ2v) is 4.22. The van der Waals surface area contributed by atoms with E-state index in [1.165, 1.54) is 0 Å². The van der Waals surface area contributed by atoms with Gasteiger partial charge in [-0.1, -0.05) is 5.16 Å². The zero-order chi connectivity index (χ0) is 12.1. The maximum absolute atomic E-state index is 11.9. The second kappa shape index (κ2) is 5.69. The molecule has 92 valence electrons. The molecule has 0 radical (unpaired) electrons. The summed E-state index contributed by atoms with van der Waals surface area (Å²) in [6, 6.07) is 0. The topological polar surface area (TPSA) is 99.2 Å². The third kappa shape index (κ3) is 2.85.